The minimum absolute atomic E-state index is 0.377. The number of carbonyl (C=O) groups excluding carboxylic acids is 1. The van der Waals surface area contributed by atoms with Crippen molar-refractivity contribution in [2.24, 2.45) is 5.73 Å². The molecule has 94 valence electrons. The first-order valence-corrected chi connectivity index (χ1v) is 6.48. The highest BCUT2D eigenvalue weighted by molar-refractivity contribution is 7.22. The van der Waals surface area contributed by atoms with Crippen LogP contribution in [0.5, 0.6) is 0 Å². The molecule has 0 radical (unpaired) electrons. The minimum atomic E-state index is -0.438. The number of anilines is 1. The Labute approximate surface area is 108 Å². The molecule has 0 unspecified atom stereocenters. The standard InChI is InChI=1S/C12H13N3O2S/c1-15(7-5-17-6-7)12-14-10-8(11(13)16)3-2-4-9(10)18-12/h2-4,7H,5-6H2,1H3,(H2,13,16). The number of fused-ring (bicyclic) bond motifs is 1. The summed E-state index contributed by atoms with van der Waals surface area (Å²) in [6.45, 7) is 1.46. The van der Waals surface area contributed by atoms with Crippen LogP contribution in [0.3, 0.4) is 0 Å². The molecule has 1 aliphatic heterocycles. The molecule has 3 rings (SSSR count). The molecule has 2 N–H and O–H groups in total. The highest BCUT2D eigenvalue weighted by Gasteiger charge is 2.25. The van der Waals surface area contributed by atoms with E-state index in [0.717, 1.165) is 23.0 Å². The van der Waals surface area contributed by atoms with Gasteiger partial charge in [-0.2, -0.15) is 0 Å². The van der Waals surface area contributed by atoms with Gasteiger partial charge in [-0.3, -0.25) is 4.79 Å². The number of nitrogens with zero attached hydrogens (tertiary/aromatic N) is 2. The fraction of sp³-hybridized carbons (Fsp3) is 0.333. The molecular formula is C12H13N3O2S. The second-order valence-corrected chi connectivity index (χ2v) is 5.32. The molecule has 1 amide bonds. The number of hydrogen-bond acceptors (Lipinski definition) is 5. The van der Waals surface area contributed by atoms with Crippen LogP contribution < -0.4 is 10.6 Å². The molecule has 0 saturated carbocycles. The fourth-order valence-electron chi connectivity index (χ4n) is 1.89. The molecule has 0 spiro atoms. The van der Waals surface area contributed by atoms with Crippen LogP contribution in [0.2, 0.25) is 0 Å². The zero-order chi connectivity index (χ0) is 12.7. The van der Waals surface area contributed by atoms with E-state index in [0.29, 0.717) is 17.1 Å². The SMILES string of the molecule is CN(c1nc2c(C(N)=O)cccc2s1)C1COC1. The summed E-state index contributed by atoms with van der Waals surface area (Å²) >= 11 is 1.57. The molecule has 0 aliphatic carbocycles. The van der Waals surface area contributed by atoms with Gasteiger partial charge in [0.1, 0.15) is 0 Å². The summed E-state index contributed by atoms with van der Waals surface area (Å²) in [6, 6.07) is 5.87. The highest BCUT2D eigenvalue weighted by atomic mass is 32.1. The minimum Gasteiger partial charge on any atom is -0.377 e. The van der Waals surface area contributed by atoms with Crippen LogP contribution in [0.15, 0.2) is 18.2 Å². The molecule has 1 aromatic heterocycles. The lowest BCUT2D eigenvalue weighted by Gasteiger charge is -2.34. The van der Waals surface area contributed by atoms with Crippen molar-refractivity contribution in [2.75, 3.05) is 25.2 Å². The lowest BCUT2D eigenvalue weighted by molar-refractivity contribution is 0.0101. The number of para-hydroxylation sites is 1. The Kier molecular flexibility index (Phi) is 2.68. The van der Waals surface area contributed by atoms with E-state index >= 15 is 0 Å². The average Bonchev–Trinajstić information content (AvgIpc) is 2.69. The third-order valence-electron chi connectivity index (χ3n) is 3.14. The van der Waals surface area contributed by atoms with Gasteiger partial charge >= 0.3 is 0 Å². The van der Waals surface area contributed by atoms with Gasteiger partial charge in [-0.05, 0) is 12.1 Å². The molecule has 0 bridgehead atoms. The van der Waals surface area contributed by atoms with E-state index in [1.165, 1.54) is 0 Å². The van der Waals surface area contributed by atoms with Crippen molar-refractivity contribution in [2.45, 2.75) is 6.04 Å². The molecule has 18 heavy (non-hydrogen) atoms. The Morgan fingerprint density at radius 2 is 2.33 bits per heavy atom. The first-order chi connectivity index (χ1) is 8.66. The first-order valence-electron chi connectivity index (χ1n) is 5.67. The van der Waals surface area contributed by atoms with Gasteiger partial charge in [0, 0.05) is 7.05 Å². The van der Waals surface area contributed by atoms with E-state index in [1.807, 2.05) is 19.2 Å². The van der Waals surface area contributed by atoms with Crippen LogP contribution in [0, 0.1) is 0 Å². The van der Waals surface area contributed by atoms with Crippen molar-refractivity contribution < 1.29 is 9.53 Å². The maximum absolute atomic E-state index is 11.3. The Bertz CT molecular complexity index is 606. The van der Waals surface area contributed by atoms with Crippen LogP contribution in [0.1, 0.15) is 10.4 Å². The molecule has 1 aliphatic rings. The van der Waals surface area contributed by atoms with Crippen LogP contribution >= 0.6 is 11.3 Å². The normalized spacial score (nSPS) is 15.6. The molecular weight excluding hydrogens is 250 g/mol. The number of likely N-dealkylation sites (N-methyl/N-ethyl adjacent to an activating group) is 1. The molecule has 0 atom stereocenters. The van der Waals surface area contributed by atoms with Crippen LogP contribution in [0.4, 0.5) is 5.13 Å². The number of amides is 1. The lowest BCUT2D eigenvalue weighted by atomic mass is 10.2. The number of nitrogens with two attached hydrogens (primary N) is 1. The van der Waals surface area contributed by atoms with E-state index in [1.54, 1.807) is 17.4 Å². The number of hydrogen-bond donors (Lipinski definition) is 1. The first kappa shape index (κ1) is 11.4. The molecule has 1 fully saturated rings. The van der Waals surface area contributed by atoms with Gasteiger partial charge in [0.25, 0.3) is 5.91 Å². The van der Waals surface area contributed by atoms with Gasteiger partial charge < -0.3 is 15.4 Å². The molecule has 1 saturated heterocycles. The van der Waals surface area contributed by atoms with Crippen molar-refractivity contribution >= 4 is 32.6 Å². The summed E-state index contributed by atoms with van der Waals surface area (Å²) in [7, 11) is 1.99. The third-order valence-corrected chi connectivity index (χ3v) is 4.25. The molecule has 2 heterocycles. The van der Waals surface area contributed by atoms with Gasteiger partial charge in [0.15, 0.2) is 5.13 Å². The van der Waals surface area contributed by atoms with Crippen molar-refractivity contribution in [3.05, 3.63) is 23.8 Å². The fourth-order valence-corrected chi connectivity index (χ4v) is 2.92. The predicted octanol–water partition coefficient (Wildman–Crippen LogP) is 1.23. The zero-order valence-electron chi connectivity index (χ0n) is 9.92. The highest BCUT2D eigenvalue weighted by Crippen LogP contribution is 2.31. The van der Waals surface area contributed by atoms with E-state index < -0.39 is 5.91 Å². The topological polar surface area (TPSA) is 68.5 Å². The van der Waals surface area contributed by atoms with E-state index in [2.05, 4.69) is 9.88 Å². The lowest BCUT2D eigenvalue weighted by Crippen LogP contribution is -2.47. The monoisotopic (exact) mass is 263 g/mol. The van der Waals surface area contributed by atoms with Crippen molar-refractivity contribution in [1.82, 2.24) is 4.98 Å². The van der Waals surface area contributed by atoms with Gasteiger partial charge in [0.2, 0.25) is 0 Å². The average molecular weight is 263 g/mol. The number of aromatic nitrogens is 1. The maximum Gasteiger partial charge on any atom is 0.250 e. The quantitative estimate of drug-likeness (QED) is 0.904. The van der Waals surface area contributed by atoms with Gasteiger partial charge in [-0.25, -0.2) is 4.98 Å². The zero-order valence-corrected chi connectivity index (χ0v) is 10.7. The smallest absolute Gasteiger partial charge is 0.250 e. The van der Waals surface area contributed by atoms with Crippen molar-refractivity contribution in [1.29, 1.82) is 0 Å². The van der Waals surface area contributed by atoms with Crippen LogP contribution in [0.25, 0.3) is 10.2 Å². The summed E-state index contributed by atoms with van der Waals surface area (Å²) in [5.41, 5.74) is 6.53. The summed E-state index contributed by atoms with van der Waals surface area (Å²) in [4.78, 5) is 18.0. The molecule has 5 nitrogen and oxygen atoms in total. The molecule has 2 aromatic rings. The maximum atomic E-state index is 11.3. The summed E-state index contributed by atoms with van der Waals surface area (Å²) in [5, 5.41) is 0.895. The van der Waals surface area contributed by atoms with E-state index in [9.17, 15) is 4.79 Å². The predicted molar refractivity (Wildman–Crippen MR) is 71.1 cm³/mol. The van der Waals surface area contributed by atoms with Gasteiger partial charge in [0.05, 0.1) is 35.0 Å². The van der Waals surface area contributed by atoms with Crippen molar-refractivity contribution in [3.63, 3.8) is 0 Å². The van der Waals surface area contributed by atoms with Gasteiger partial charge in [-0.15, -0.1) is 0 Å². The number of ether oxygens (including phenoxy) is 1. The third kappa shape index (κ3) is 1.74. The Morgan fingerprint density at radius 3 is 2.94 bits per heavy atom. The number of rotatable bonds is 3. The largest absolute Gasteiger partial charge is 0.377 e. The number of benzene rings is 1. The molecule has 6 heteroatoms. The summed E-state index contributed by atoms with van der Waals surface area (Å²) in [6.07, 6.45) is 0. The number of thiazole rings is 1. The Morgan fingerprint density at radius 1 is 1.56 bits per heavy atom. The number of primary amides is 1. The van der Waals surface area contributed by atoms with Crippen LogP contribution in [-0.4, -0.2) is 37.2 Å². The summed E-state index contributed by atoms with van der Waals surface area (Å²) < 4.78 is 6.15. The second-order valence-electron chi connectivity index (χ2n) is 4.32. The van der Waals surface area contributed by atoms with Crippen molar-refractivity contribution in [3.8, 4) is 0 Å². The second kappa shape index (κ2) is 4.22. The number of carbonyl (C=O) groups is 1. The molecule has 1 aromatic carbocycles. The van der Waals surface area contributed by atoms with Crippen LogP contribution in [-0.2, 0) is 4.74 Å². The van der Waals surface area contributed by atoms with E-state index in [-0.39, 0.29) is 0 Å². The Hall–Kier alpha value is -1.66. The Balaban J connectivity index is 2.04. The van der Waals surface area contributed by atoms with Gasteiger partial charge in [-0.1, -0.05) is 17.4 Å². The van der Waals surface area contributed by atoms with E-state index in [4.69, 9.17) is 10.5 Å². The summed E-state index contributed by atoms with van der Waals surface area (Å²) in [5.74, 6) is -0.438.